The molecule has 3 aliphatic heterocycles. The molecule has 1 aliphatic carbocycles. The maximum absolute atomic E-state index is 4.92. The number of anilines is 1. The van der Waals surface area contributed by atoms with E-state index in [-0.39, 0.29) is 0 Å². The van der Waals surface area contributed by atoms with E-state index in [1.54, 1.807) is 0 Å². The topological polar surface area (TPSA) is 19.1 Å². The van der Waals surface area contributed by atoms with E-state index in [0.29, 0.717) is 12.1 Å². The average Bonchev–Trinajstić information content (AvgIpc) is 3.27. The second kappa shape index (κ2) is 6.34. The van der Waals surface area contributed by atoms with Crippen molar-refractivity contribution >= 4 is 27.2 Å². The summed E-state index contributed by atoms with van der Waals surface area (Å²) in [5.74, 6) is 0. The van der Waals surface area contributed by atoms with Crippen LogP contribution in [0.2, 0.25) is 0 Å². The van der Waals surface area contributed by atoms with Gasteiger partial charge in [0, 0.05) is 43.2 Å². The molecule has 134 valence electrons. The number of nitrogens with zero attached hydrogens (tertiary/aromatic N) is 3. The van der Waals surface area contributed by atoms with E-state index in [0.717, 1.165) is 11.2 Å². The third-order valence-electron chi connectivity index (χ3n) is 6.12. The van der Waals surface area contributed by atoms with E-state index in [9.17, 15) is 0 Å². The zero-order valence-electron chi connectivity index (χ0n) is 15.6. The SMILES string of the molecule is CC1CCCN1c1ccc2nc3ccc(=[N+]4CCCC4C)cc-3sc2c1. The minimum Gasteiger partial charge on any atom is -0.369 e. The minimum absolute atomic E-state index is 0.647. The summed E-state index contributed by atoms with van der Waals surface area (Å²) in [6.07, 6.45) is 5.20. The Balaban J connectivity index is 1.65. The van der Waals surface area contributed by atoms with Gasteiger partial charge in [-0.2, -0.15) is 0 Å². The molecule has 4 heteroatoms. The quantitative estimate of drug-likeness (QED) is 0.472. The predicted octanol–water partition coefficient (Wildman–Crippen LogP) is 4.34. The standard InChI is InChI=1S/C22H26N3S/c1-15-5-3-11-24(15)17-7-9-19-21(13-17)26-22-14-18(8-10-20(22)23-19)25-12-4-6-16(25)2/h7-10,13-16H,3-6,11-12H2,1-2H3/q+1. The Morgan fingerprint density at radius 3 is 2.77 bits per heavy atom. The lowest BCUT2D eigenvalue weighted by molar-refractivity contribution is 0.560. The van der Waals surface area contributed by atoms with Gasteiger partial charge in [0.25, 0.3) is 0 Å². The van der Waals surface area contributed by atoms with Gasteiger partial charge < -0.3 is 4.90 Å². The molecule has 26 heavy (non-hydrogen) atoms. The molecular formula is C22H26N3S+. The first-order valence-electron chi connectivity index (χ1n) is 9.90. The Bertz CT molecular complexity index is 1010. The summed E-state index contributed by atoms with van der Waals surface area (Å²) in [6, 6.07) is 14.9. The summed E-state index contributed by atoms with van der Waals surface area (Å²) in [5.41, 5.74) is 3.57. The summed E-state index contributed by atoms with van der Waals surface area (Å²) in [7, 11) is 0. The monoisotopic (exact) mass is 364 g/mol. The Morgan fingerprint density at radius 1 is 1.08 bits per heavy atom. The van der Waals surface area contributed by atoms with Crippen LogP contribution in [0.5, 0.6) is 0 Å². The fourth-order valence-electron chi connectivity index (χ4n) is 4.59. The van der Waals surface area contributed by atoms with Gasteiger partial charge in [-0.05, 0) is 51.0 Å². The van der Waals surface area contributed by atoms with Crippen molar-refractivity contribution < 1.29 is 0 Å². The van der Waals surface area contributed by atoms with E-state index in [1.807, 2.05) is 11.3 Å². The summed E-state index contributed by atoms with van der Waals surface area (Å²) >= 11 is 1.88. The van der Waals surface area contributed by atoms with Gasteiger partial charge in [-0.3, -0.25) is 0 Å². The van der Waals surface area contributed by atoms with Gasteiger partial charge in [-0.1, -0.05) is 0 Å². The number of benzene rings is 2. The molecule has 0 saturated carbocycles. The second-order valence-corrected chi connectivity index (χ2v) is 8.97. The molecule has 0 bridgehead atoms. The van der Waals surface area contributed by atoms with Crippen molar-refractivity contribution in [1.29, 1.82) is 0 Å². The molecule has 3 nitrogen and oxygen atoms in total. The van der Waals surface area contributed by atoms with Crippen LogP contribution >= 0.6 is 11.3 Å². The Morgan fingerprint density at radius 2 is 2.00 bits per heavy atom. The van der Waals surface area contributed by atoms with Gasteiger partial charge in [0.1, 0.15) is 6.54 Å². The van der Waals surface area contributed by atoms with Crippen molar-refractivity contribution in [1.82, 2.24) is 9.56 Å². The minimum atomic E-state index is 0.647. The van der Waals surface area contributed by atoms with Gasteiger partial charge in [0.15, 0.2) is 6.04 Å². The van der Waals surface area contributed by atoms with Crippen molar-refractivity contribution in [3.8, 4) is 10.6 Å². The highest BCUT2D eigenvalue weighted by Crippen LogP contribution is 2.33. The molecule has 2 fully saturated rings. The molecule has 0 aromatic heterocycles. The molecule has 0 spiro atoms. The summed E-state index contributed by atoms with van der Waals surface area (Å²) in [5, 5.41) is 1.35. The van der Waals surface area contributed by atoms with Crippen LogP contribution in [-0.4, -0.2) is 30.2 Å². The lowest BCUT2D eigenvalue weighted by atomic mass is 10.2. The smallest absolute Gasteiger partial charge is 0.201 e. The number of fused-ring (bicyclic) bond motifs is 2. The lowest BCUT2D eigenvalue weighted by Gasteiger charge is -2.24. The molecule has 2 unspecified atom stereocenters. The molecule has 0 radical (unpaired) electrons. The van der Waals surface area contributed by atoms with Gasteiger partial charge in [-0.25, -0.2) is 9.56 Å². The first kappa shape index (κ1) is 16.2. The molecule has 0 amide bonds. The molecule has 3 heterocycles. The highest BCUT2D eigenvalue weighted by molar-refractivity contribution is 7.21. The Labute approximate surface area is 159 Å². The number of aromatic nitrogens is 1. The molecule has 2 saturated heterocycles. The zero-order chi connectivity index (χ0) is 17.7. The van der Waals surface area contributed by atoms with Crippen LogP contribution in [0.25, 0.3) is 20.8 Å². The third-order valence-corrected chi connectivity index (χ3v) is 7.21. The van der Waals surface area contributed by atoms with Crippen molar-refractivity contribution in [3.05, 3.63) is 41.8 Å². The number of rotatable bonds is 1. The predicted molar refractivity (Wildman–Crippen MR) is 111 cm³/mol. The van der Waals surface area contributed by atoms with Crippen LogP contribution in [0, 0.1) is 0 Å². The zero-order valence-corrected chi connectivity index (χ0v) is 16.4. The Hall–Kier alpha value is -1.94. The fourth-order valence-corrected chi connectivity index (χ4v) is 5.63. The van der Waals surface area contributed by atoms with Gasteiger partial charge in [0.05, 0.1) is 20.8 Å². The van der Waals surface area contributed by atoms with E-state index in [4.69, 9.17) is 4.98 Å². The molecular weight excluding hydrogens is 338 g/mol. The maximum atomic E-state index is 4.92. The molecule has 1 aromatic carbocycles. The van der Waals surface area contributed by atoms with Gasteiger partial charge in [-0.15, -0.1) is 11.3 Å². The van der Waals surface area contributed by atoms with E-state index in [2.05, 4.69) is 59.7 Å². The third kappa shape index (κ3) is 2.71. The van der Waals surface area contributed by atoms with Crippen LogP contribution in [-0.2, 0) is 0 Å². The molecule has 0 N–H and O–H groups in total. The fraction of sp³-hybridized carbons (Fsp3) is 0.455. The lowest BCUT2D eigenvalue weighted by Crippen LogP contribution is -2.32. The molecule has 5 rings (SSSR count). The van der Waals surface area contributed by atoms with Crippen molar-refractivity contribution in [2.75, 3.05) is 18.0 Å². The van der Waals surface area contributed by atoms with Crippen LogP contribution in [0.3, 0.4) is 0 Å². The van der Waals surface area contributed by atoms with Crippen molar-refractivity contribution in [2.24, 2.45) is 0 Å². The first-order valence-corrected chi connectivity index (χ1v) is 10.7. The maximum Gasteiger partial charge on any atom is 0.201 e. The van der Waals surface area contributed by atoms with Crippen LogP contribution in [0.4, 0.5) is 5.69 Å². The van der Waals surface area contributed by atoms with E-state index >= 15 is 0 Å². The normalized spacial score (nSPS) is 25.5. The Kier molecular flexibility index (Phi) is 3.96. The van der Waals surface area contributed by atoms with Crippen molar-refractivity contribution in [2.45, 2.75) is 51.6 Å². The van der Waals surface area contributed by atoms with Crippen LogP contribution in [0.15, 0.2) is 36.4 Å². The van der Waals surface area contributed by atoms with Crippen molar-refractivity contribution in [3.63, 3.8) is 0 Å². The van der Waals surface area contributed by atoms with Crippen LogP contribution in [0.1, 0.15) is 39.5 Å². The number of hydrogen-bond acceptors (Lipinski definition) is 3. The largest absolute Gasteiger partial charge is 0.369 e. The van der Waals surface area contributed by atoms with Crippen LogP contribution < -0.4 is 14.8 Å². The molecule has 2 atom stereocenters. The summed E-state index contributed by atoms with van der Waals surface area (Å²) in [4.78, 5) is 8.76. The molecule has 4 aliphatic rings. The van der Waals surface area contributed by atoms with Gasteiger partial charge in [0.2, 0.25) is 5.36 Å². The highest BCUT2D eigenvalue weighted by Gasteiger charge is 2.24. The number of hydrogen-bond donors (Lipinski definition) is 0. The van der Waals surface area contributed by atoms with E-state index < -0.39 is 0 Å². The average molecular weight is 365 g/mol. The summed E-state index contributed by atoms with van der Waals surface area (Å²) in [6.45, 7) is 7.02. The van der Waals surface area contributed by atoms with Gasteiger partial charge >= 0.3 is 0 Å². The van der Waals surface area contributed by atoms with E-state index in [1.165, 1.54) is 59.4 Å². The summed E-state index contributed by atoms with van der Waals surface area (Å²) < 4.78 is 3.83. The molecule has 1 aromatic rings. The second-order valence-electron chi connectivity index (χ2n) is 7.89. The first-order chi connectivity index (χ1) is 12.7. The highest BCUT2D eigenvalue weighted by atomic mass is 32.1.